The first kappa shape index (κ1) is 16.2. The quantitative estimate of drug-likeness (QED) is 0.839. The van der Waals surface area contributed by atoms with Crippen LogP contribution in [-0.2, 0) is 16.1 Å². The normalized spacial score (nSPS) is 12.6. The third-order valence-corrected chi connectivity index (χ3v) is 2.81. The fourth-order valence-corrected chi connectivity index (χ4v) is 1.78. The molecule has 0 radical (unpaired) electrons. The Balaban J connectivity index is 2.58. The Hall–Kier alpha value is -1.84. The first-order valence-electron chi connectivity index (χ1n) is 6.81. The lowest BCUT2D eigenvalue weighted by Gasteiger charge is -2.19. The Bertz CT molecular complexity index is 463. The molecule has 1 aromatic rings. The van der Waals surface area contributed by atoms with Gasteiger partial charge in [0, 0.05) is 13.0 Å². The summed E-state index contributed by atoms with van der Waals surface area (Å²) in [6.45, 7) is 7.91. The van der Waals surface area contributed by atoms with Crippen LogP contribution in [0.2, 0.25) is 0 Å². The highest BCUT2D eigenvalue weighted by atomic mass is 16.6. The molecule has 0 spiro atoms. The topological polar surface area (TPSA) is 55.4 Å². The zero-order chi connectivity index (χ0) is 15.2. The molecule has 1 aromatic carbocycles. The lowest BCUT2D eigenvalue weighted by molar-refractivity contribution is -0.108. The molecule has 1 rings (SSSR count). The summed E-state index contributed by atoms with van der Waals surface area (Å²) < 4.78 is 5.18. The summed E-state index contributed by atoms with van der Waals surface area (Å²) in [5.41, 5.74) is 1.59. The van der Waals surface area contributed by atoms with Gasteiger partial charge in [0.2, 0.25) is 0 Å². The van der Waals surface area contributed by atoms with Crippen molar-refractivity contribution >= 4 is 12.4 Å². The van der Waals surface area contributed by atoms with Gasteiger partial charge in [-0.3, -0.25) is 0 Å². The van der Waals surface area contributed by atoms with Gasteiger partial charge >= 0.3 is 6.09 Å². The van der Waals surface area contributed by atoms with Crippen LogP contribution >= 0.6 is 0 Å². The Morgan fingerprint density at radius 3 is 2.70 bits per heavy atom. The number of hydrogen-bond donors (Lipinski definition) is 1. The van der Waals surface area contributed by atoms with E-state index in [1.807, 2.05) is 52.0 Å². The molecule has 0 fully saturated rings. The number of amides is 1. The zero-order valence-corrected chi connectivity index (χ0v) is 12.6. The van der Waals surface area contributed by atoms with Crippen molar-refractivity contribution in [3.8, 4) is 0 Å². The van der Waals surface area contributed by atoms with Gasteiger partial charge in [-0.15, -0.1) is 0 Å². The van der Waals surface area contributed by atoms with Crippen LogP contribution in [-0.4, -0.2) is 18.0 Å². The SMILES string of the molecule is CC(CC=O)c1cccc(CNC(=O)OC(C)(C)C)c1. The van der Waals surface area contributed by atoms with Crippen LogP contribution in [0.4, 0.5) is 4.79 Å². The van der Waals surface area contributed by atoms with Crippen molar-refractivity contribution in [1.29, 1.82) is 0 Å². The number of carbonyl (C=O) groups is 2. The van der Waals surface area contributed by atoms with E-state index in [1.165, 1.54) is 0 Å². The van der Waals surface area contributed by atoms with Gasteiger partial charge in [-0.2, -0.15) is 0 Å². The molecule has 0 saturated carbocycles. The van der Waals surface area contributed by atoms with Crippen molar-refractivity contribution in [2.75, 3.05) is 0 Å². The summed E-state index contributed by atoms with van der Waals surface area (Å²) in [6, 6.07) is 7.87. The third-order valence-electron chi connectivity index (χ3n) is 2.81. The molecule has 4 nitrogen and oxygen atoms in total. The maximum Gasteiger partial charge on any atom is 0.407 e. The maximum absolute atomic E-state index is 11.6. The molecule has 0 aromatic heterocycles. The van der Waals surface area contributed by atoms with Gasteiger partial charge in [0.25, 0.3) is 0 Å². The van der Waals surface area contributed by atoms with E-state index in [-0.39, 0.29) is 5.92 Å². The minimum Gasteiger partial charge on any atom is -0.444 e. The summed E-state index contributed by atoms with van der Waals surface area (Å²) in [4.78, 5) is 22.1. The van der Waals surface area contributed by atoms with Crippen LogP contribution in [0.15, 0.2) is 24.3 Å². The molecule has 1 N–H and O–H groups in total. The van der Waals surface area contributed by atoms with Crippen molar-refractivity contribution in [1.82, 2.24) is 5.32 Å². The Morgan fingerprint density at radius 1 is 1.40 bits per heavy atom. The summed E-state index contributed by atoms with van der Waals surface area (Å²) in [6.07, 6.45) is 1.00. The minimum absolute atomic E-state index is 0.189. The number of alkyl carbamates (subject to hydrolysis) is 1. The Labute approximate surface area is 120 Å². The highest BCUT2D eigenvalue weighted by Gasteiger charge is 2.15. The van der Waals surface area contributed by atoms with Gasteiger partial charge in [0.15, 0.2) is 0 Å². The third kappa shape index (κ3) is 5.87. The smallest absolute Gasteiger partial charge is 0.407 e. The predicted molar refractivity (Wildman–Crippen MR) is 78.6 cm³/mol. The van der Waals surface area contributed by atoms with Gasteiger partial charge in [-0.25, -0.2) is 4.79 Å². The summed E-state index contributed by atoms with van der Waals surface area (Å²) in [7, 11) is 0. The van der Waals surface area contributed by atoms with E-state index in [9.17, 15) is 9.59 Å². The number of benzene rings is 1. The van der Waals surface area contributed by atoms with Crippen molar-refractivity contribution in [2.24, 2.45) is 0 Å². The molecule has 0 saturated heterocycles. The van der Waals surface area contributed by atoms with Crippen LogP contribution in [0.5, 0.6) is 0 Å². The first-order chi connectivity index (χ1) is 9.31. The Kier molecular flexibility index (Phi) is 5.74. The van der Waals surface area contributed by atoms with E-state index in [4.69, 9.17) is 4.74 Å². The van der Waals surface area contributed by atoms with Crippen LogP contribution < -0.4 is 5.32 Å². The fraction of sp³-hybridized carbons (Fsp3) is 0.500. The summed E-state index contributed by atoms with van der Waals surface area (Å²) in [5, 5.41) is 2.72. The molecule has 0 heterocycles. The lowest BCUT2D eigenvalue weighted by atomic mass is 9.97. The minimum atomic E-state index is -0.496. The van der Waals surface area contributed by atoms with Crippen LogP contribution in [0.3, 0.4) is 0 Å². The number of hydrogen-bond acceptors (Lipinski definition) is 3. The van der Waals surface area contributed by atoms with Gasteiger partial charge in [-0.05, 0) is 37.8 Å². The largest absolute Gasteiger partial charge is 0.444 e. The van der Waals surface area contributed by atoms with Crippen molar-refractivity contribution < 1.29 is 14.3 Å². The molecular formula is C16H23NO3. The van der Waals surface area contributed by atoms with Crippen LogP contribution in [0.1, 0.15) is 51.2 Å². The molecule has 0 bridgehead atoms. The fourth-order valence-electron chi connectivity index (χ4n) is 1.78. The number of nitrogens with one attached hydrogen (secondary N) is 1. The second kappa shape index (κ2) is 7.08. The highest BCUT2D eigenvalue weighted by molar-refractivity contribution is 5.67. The van der Waals surface area contributed by atoms with Gasteiger partial charge in [0.05, 0.1) is 0 Å². The molecule has 1 amide bonds. The van der Waals surface area contributed by atoms with Gasteiger partial charge < -0.3 is 14.8 Å². The number of ether oxygens (including phenoxy) is 1. The van der Waals surface area contributed by atoms with E-state index in [1.54, 1.807) is 0 Å². The first-order valence-corrected chi connectivity index (χ1v) is 6.81. The molecule has 4 heteroatoms. The monoisotopic (exact) mass is 277 g/mol. The molecule has 1 atom stereocenters. The van der Waals surface area contributed by atoms with Crippen molar-refractivity contribution in [2.45, 2.75) is 52.2 Å². The highest BCUT2D eigenvalue weighted by Crippen LogP contribution is 2.19. The van der Waals surface area contributed by atoms with E-state index in [2.05, 4.69) is 5.32 Å². The summed E-state index contributed by atoms with van der Waals surface area (Å²) >= 11 is 0. The number of carbonyl (C=O) groups excluding carboxylic acids is 2. The second-order valence-electron chi connectivity index (χ2n) is 5.90. The molecule has 0 aliphatic heterocycles. The van der Waals surface area contributed by atoms with Crippen LogP contribution in [0.25, 0.3) is 0 Å². The molecule has 0 aliphatic carbocycles. The van der Waals surface area contributed by atoms with E-state index in [0.29, 0.717) is 13.0 Å². The van der Waals surface area contributed by atoms with Crippen molar-refractivity contribution in [3.05, 3.63) is 35.4 Å². The average molecular weight is 277 g/mol. The lowest BCUT2D eigenvalue weighted by Crippen LogP contribution is -2.32. The van der Waals surface area contributed by atoms with E-state index < -0.39 is 11.7 Å². The standard InChI is InChI=1S/C16H23NO3/c1-12(8-9-18)14-7-5-6-13(10-14)11-17-15(19)20-16(2,3)4/h5-7,9-10,12H,8,11H2,1-4H3,(H,17,19). The maximum atomic E-state index is 11.6. The number of rotatable bonds is 5. The molecule has 0 aliphatic rings. The predicted octanol–water partition coefficient (Wildman–Crippen LogP) is 3.40. The number of aldehydes is 1. The molecule has 110 valence electrons. The average Bonchev–Trinajstić information content (AvgIpc) is 2.35. The molecular weight excluding hydrogens is 254 g/mol. The van der Waals surface area contributed by atoms with Crippen LogP contribution in [0, 0.1) is 0 Å². The molecule has 20 heavy (non-hydrogen) atoms. The van der Waals surface area contributed by atoms with Crippen molar-refractivity contribution in [3.63, 3.8) is 0 Å². The zero-order valence-electron chi connectivity index (χ0n) is 12.6. The second-order valence-corrected chi connectivity index (χ2v) is 5.90. The van der Waals surface area contributed by atoms with Gasteiger partial charge in [0.1, 0.15) is 11.9 Å². The summed E-state index contributed by atoms with van der Waals surface area (Å²) in [5.74, 6) is 0.189. The van der Waals surface area contributed by atoms with Gasteiger partial charge in [-0.1, -0.05) is 31.2 Å². The molecule has 1 unspecified atom stereocenters. The Morgan fingerprint density at radius 2 is 2.10 bits per heavy atom. The van der Waals surface area contributed by atoms with E-state index in [0.717, 1.165) is 17.4 Å². The van der Waals surface area contributed by atoms with E-state index >= 15 is 0 Å².